The fraction of sp³-hybridized carbons (Fsp3) is 0.333. The molecule has 0 radical (unpaired) electrons. The van der Waals surface area contributed by atoms with E-state index < -0.39 is 12.0 Å². The third-order valence-corrected chi connectivity index (χ3v) is 4.85. The number of rotatable bonds is 5. The number of carbonyl (C=O) groups is 2. The van der Waals surface area contributed by atoms with Crippen LogP contribution >= 0.6 is 0 Å². The normalized spacial score (nSPS) is 16.1. The van der Waals surface area contributed by atoms with E-state index in [0.717, 1.165) is 11.1 Å². The number of methoxy groups -OCH3 is 1. The fourth-order valence-electron chi connectivity index (χ4n) is 3.43. The maximum absolute atomic E-state index is 13.8. The topological polar surface area (TPSA) is 49.9 Å². The number of nitrogens with zero attached hydrogens (tertiary/aromatic N) is 2. The van der Waals surface area contributed by atoms with Crippen LogP contribution in [0.15, 0.2) is 48.5 Å². The van der Waals surface area contributed by atoms with Gasteiger partial charge in [0.2, 0.25) is 5.91 Å². The van der Waals surface area contributed by atoms with Crippen molar-refractivity contribution in [1.29, 1.82) is 0 Å². The van der Waals surface area contributed by atoms with E-state index in [9.17, 15) is 14.0 Å². The molecule has 0 aliphatic carbocycles. The predicted molar refractivity (Wildman–Crippen MR) is 99.2 cm³/mol. The minimum absolute atomic E-state index is 0.0873. The molecule has 0 saturated carbocycles. The lowest BCUT2D eigenvalue weighted by Crippen LogP contribution is -2.51. The highest BCUT2D eigenvalue weighted by atomic mass is 19.1. The zero-order valence-electron chi connectivity index (χ0n) is 15.5. The van der Waals surface area contributed by atoms with Gasteiger partial charge in [-0.1, -0.05) is 42.5 Å². The zero-order valence-corrected chi connectivity index (χ0v) is 15.5. The molecule has 3 rings (SSSR count). The summed E-state index contributed by atoms with van der Waals surface area (Å²) in [6, 6.07) is 13.6. The van der Waals surface area contributed by atoms with Gasteiger partial charge in [-0.25, -0.2) is 9.18 Å². The monoisotopic (exact) mass is 370 g/mol. The highest BCUT2D eigenvalue weighted by Crippen LogP contribution is 2.24. The number of hydrogen-bond donors (Lipinski definition) is 0. The second-order valence-electron chi connectivity index (χ2n) is 6.80. The lowest BCUT2D eigenvalue weighted by atomic mass is 9.94. The van der Waals surface area contributed by atoms with E-state index in [4.69, 9.17) is 4.74 Å². The average molecular weight is 370 g/mol. The summed E-state index contributed by atoms with van der Waals surface area (Å²) in [6.07, 6.45) is 0.436. The molecule has 5 nitrogen and oxygen atoms in total. The summed E-state index contributed by atoms with van der Waals surface area (Å²) in [4.78, 5) is 28.4. The second-order valence-corrected chi connectivity index (χ2v) is 6.80. The maximum atomic E-state index is 13.8. The van der Waals surface area contributed by atoms with Crippen LogP contribution in [0.5, 0.6) is 0 Å². The minimum atomic E-state index is -0.640. The van der Waals surface area contributed by atoms with Gasteiger partial charge in [-0.15, -0.1) is 0 Å². The number of amides is 1. The molecule has 142 valence electrons. The Hall–Kier alpha value is -2.73. The Morgan fingerprint density at radius 2 is 1.81 bits per heavy atom. The first-order valence-electron chi connectivity index (χ1n) is 8.85. The van der Waals surface area contributed by atoms with Gasteiger partial charge in [0.15, 0.2) is 0 Å². The third kappa shape index (κ3) is 4.34. The SMILES string of the molecule is COC(=O)C1Cc2ccccc2CN1C(=O)CN(C)Cc1ccccc1F. The van der Waals surface area contributed by atoms with Gasteiger partial charge < -0.3 is 9.64 Å². The first kappa shape index (κ1) is 19.0. The molecular formula is C21H23FN2O3. The van der Waals surface area contributed by atoms with Gasteiger partial charge >= 0.3 is 5.97 Å². The molecule has 1 amide bonds. The quantitative estimate of drug-likeness (QED) is 0.759. The van der Waals surface area contributed by atoms with Gasteiger partial charge in [0.25, 0.3) is 0 Å². The van der Waals surface area contributed by atoms with Crippen LogP contribution in [0, 0.1) is 5.82 Å². The van der Waals surface area contributed by atoms with Crippen molar-refractivity contribution in [2.24, 2.45) is 0 Å². The summed E-state index contributed by atoms with van der Waals surface area (Å²) in [5.41, 5.74) is 2.61. The molecular weight excluding hydrogens is 347 g/mol. The number of halogens is 1. The molecule has 0 spiro atoms. The van der Waals surface area contributed by atoms with Crippen molar-refractivity contribution in [2.75, 3.05) is 20.7 Å². The molecule has 6 heteroatoms. The van der Waals surface area contributed by atoms with Crippen LogP contribution in [-0.2, 0) is 33.8 Å². The van der Waals surface area contributed by atoms with Crippen molar-refractivity contribution in [3.8, 4) is 0 Å². The van der Waals surface area contributed by atoms with Crippen molar-refractivity contribution in [2.45, 2.75) is 25.6 Å². The fourth-order valence-corrected chi connectivity index (χ4v) is 3.43. The van der Waals surface area contributed by atoms with Crippen LogP contribution in [-0.4, -0.2) is 48.4 Å². The first-order chi connectivity index (χ1) is 13.0. The van der Waals surface area contributed by atoms with Crippen molar-refractivity contribution >= 4 is 11.9 Å². The molecule has 1 heterocycles. The Bertz CT molecular complexity index is 840. The number of hydrogen-bond acceptors (Lipinski definition) is 4. The Kier molecular flexibility index (Phi) is 5.86. The van der Waals surface area contributed by atoms with E-state index in [1.807, 2.05) is 24.3 Å². The average Bonchev–Trinajstić information content (AvgIpc) is 2.68. The summed E-state index contributed by atoms with van der Waals surface area (Å²) in [7, 11) is 3.09. The summed E-state index contributed by atoms with van der Waals surface area (Å²) in [5.74, 6) is -0.899. The summed E-state index contributed by atoms with van der Waals surface area (Å²) >= 11 is 0. The van der Waals surface area contributed by atoms with Crippen LogP contribution < -0.4 is 0 Å². The number of fused-ring (bicyclic) bond motifs is 1. The van der Waals surface area contributed by atoms with Crippen molar-refractivity contribution in [3.63, 3.8) is 0 Å². The molecule has 0 N–H and O–H groups in total. The molecule has 27 heavy (non-hydrogen) atoms. The number of esters is 1. The van der Waals surface area contributed by atoms with Crippen molar-refractivity contribution in [3.05, 3.63) is 71.0 Å². The van der Waals surface area contributed by atoms with Gasteiger partial charge in [-0.2, -0.15) is 0 Å². The molecule has 1 aliphatic heterocycles. The number of ether oxygens (including phenoxy) is 1. The summed E-state index contributed by atoms with van der Waals surface area (Å²) in [5, 5.41) is 0. The smallest absolute Gasteiger partial charge is 0.328 e. The zero-order chi connectivity index (χ0) is 19.4. The van der Waals surface area contributed by atoms with E-state index in [1.54, 1.807) is 35.0 Å². The van der Waals surface area contributed by atoms with E-state index in [-0.39, 0.29) is 18.3 Å². The van der Waals surface area contributed by atoms with Crippen LogP contribution in [0.25, 0.3) is 0 Å². The van der Waals surface area contributed by atoms with E-state index in [0.29, 0.717) is 25.1 Å². The summed E-state index contributed by atoms with van der Waals surface area (Å²) in [6.45, 7) is 0.762. The Balaban J connectivity index is 1.73. The van der Waals surface area contributed by atoms with Crippen molar-refractivity contribution < 1.29 is 18.7 Å². The molecule has 0 bridgehead atoms. The van der Waals surface area contributed by atoms with E-state index >= 15 is 0 Å². The van der Waals surface area contributed by atoms with E-state index in [1.165, 1.54) is 13.2 Å². The third-order valence-electron chi connectivity index (χ3n) is 4.85. The molecule has 1 atom stereocenters. The first-order valence-corrected chi connectivity index (χ1v) is 8.85. The lowest BCUT2D eigenvalue weighted by molar-refractivity contribution is -0.154. The highest BCUT2D eigenvalue weighted by Gasteiger charge is 2.35. The Labute approximate surface area is 158 Å². The highest BCUT2D eigenvalue weighted by molar-refractivity contribution is 5.86. The van der Waals surface area contributed by atoms with Gasteiger partial charge in [0, 0.05) is 25.1 Å². The van der Waals surface area contributed by atoms with Crippen LogP contribution in [0.4, 0.5) is 4.39 Å². The summed E-state index contributed by atoms with van der Waals surface area (Å²) < 4.78 is 18.7. The second kappa shape index (κ2) is 8.31. The number of likely N-dealkylation sites (N-methyl/N-ethyl adjacent to an activating group) is 1. The largest absolute Gasteiger partial charge is 0.467 e. The standard InChI is InChI=1S/C21H23FN2O3/c1-23(12-17-9-5-6-10-18(17)22)14-20(25)24-13-16-8-4-3-7-15(16)11-19(24)21(26)27-2/h3-10,19H,11-14H2,1-2H3. The van der Waals surface area contributed by atoms with Crippen LogP contribution in [0.1, 0.15) is 16.7 Å². The van der Waals surface area contributed by atoms with Gasteiger partial charge in [0.1, 0.15) is 11.9 Å². The van der Waals surface area contributed by atoms with Crippen LogP contribution in [0.3, 0.4) is 0 Å². The molecule has 2 aromatic carbocycles. The minimum Gasteiger partial charge on any atom is -0.467 e. The molecule has 2 aromatic rings. The lowest BCUT2D eigenvalue weighted by Gasteiger charge is -2.36. The molecule has 1 aliphatic rings. The number of benzene rings is 2. The maximum Gasteiger partial charge on any atom is 0.328 e. The van der Waals surface area contributed by atoms with Crippen molar-refractivity contribution in [1.82, 2.24) is 9.80 Å². The molecule has 0 aromatic heterocycles. The Morgan fingerprint density at radius 3 is 2.52 bits per heavy atom. The molecule has 0 fully saturated rings. The molecule has 0 saturated heterocycles. The van der Waals surface area contributed by atoms with Gasteiger partial charge in [-0.05, 0) is 24.2 Å². The molecule has 1 unspecified atom stereocenters. The van der Waals surface area contributed by atoms with Gasteiger partial charge in [-0.3, -0.25) is 9.69 Å². The van der Waals surface area contributed by atoms with Crippen LogP contribution in [0.2, 0.25) is 0 Å². The predicted octanol–water partition coefficient (Wildman–Crippen LogP) is 2.38. The Morgan fingerprint density at radius 1 is 1.15 bits per heavy atom. The van der Waals surface area contributed by atoms with E-state index in [2.05, 4.69) is 0 Å². The number of carbonyl (C=O) groups excluding carboxylic acids is 2. The van der Waals surface area contributed by atoms with Gasteiger partial charge in [0.05, 0.1) is 13.7 Å².